The molecule has 0 aliphatic heterocycles. The molecule has 1 heterocycles. The van der Waals surface area contributed by atoms with Crippen molar-refractivity contribution >= 4 is 5.69 Å². The number of halogens is 4. The van der Waals surface area contributed by atoms with Gasteiger partial charge in [0.15, 0.2) is 6.61 Å². The molecule has 0 atom stereocenters. The van der Waals surface area contributed by atoms with Gasteiger partial charge in [0.25, 0.3) is 0 Å². The molecule has 2 N–H and O–H groups in total. The summed E-state index contributed by atoms with van der Waals surface area (Å²) in [5, 5.41) is 3.79. The van der Waals surface area contributed by atoms with E-state index in [9.17, 15) is 17.6 Å². The van der Waals surface area contributed by atoms with Crippen LogP contribution >= 0.6 is 0 Å². The van der Waals surface area contributed by atoms with E-state index in [2.05, 4.69) is 9.84 Å². The van der Waals surface area contributed by atoms with Crippen molar-refractivity contribution in [3.8, 4) is 5.88 Å². The first-order chi connectivity index (χ1) is 7.25. The zero-order valence-corrected chi connectivity index (χ0v) is 8.68. The average Bonchev–Trinajstić information content (AvgIpc) is 2.39. The highest BCUT2D eigenvalue weighted by Gasteiger charge is 2.42. The molecule has 0 saturated carbocycles. The van der Waals surface area contributed by atoms with Crippen molar-refractivity contribution in [3.63, 3.8) is 0 Å². The third-order valence-electron chi connectivity index (χ3n) is 1.93. The Bertz CT molecular complexity index is 378. The highest BCUT2D eigenvalue weighted by molar-refractivity contribution is 5.52. The first-order valence-corrected chi connectivity index (χ1v) is 4.33. The maximum Gasteiger partial charge on any atom is 0.340 e. The minimum absolute atomic E-state index is 0.0626. The summed E-state index contributed by atoms with van der Waals surface area (Å²) < 4.78 is 54.5. The Hall–Kier alpha value is -1.47. The van der Waals surface area contributed by atoms with Crippen LogP contribution < -0.4 is 10.5 Å². The van der Waals surface area contributed by atoms with Crippen molar-refractivity contribution in [1.82, 2.24) is 9.78 Å². The molecule has 16 heavy (non-hydrogen) atoms. The Morgan fingerprint density at radius 2 is 2.06 bits per heavy atom. The zero-order valence-electron chi connectivity index (χ0n) is 8.68. The van der Waals surface area contributed by atoms with Crippen LogP contribution in [0.1, 0.15) is 5.69 Å². The minimum atomic E-state index is -4.20. The third-order valence-corrected chi connectivity index (χ3v) is 1.93. The van der Waals surface area contributed by atoms with Gasteiger partial charge in [-0.15, -0.1) is 0 Å². The number of nitrogen functional groups attached to an aromatic ring is 1. The van der Waals surface area contributed by atoms with Gasteiger partial charge in [0.2, 0.25) is 5.88 Å². The third kappa shape index (κ3) is 2.37. The lowest BCUT2D eigenvalue weighted by Crippen LogP contribution is -2.34. The standard InChI is InChI=1S/C8H11F4N3O/c1-4-5(13)6(15(2)14-4)16-3-8(11,12)7(9)10/h7H,3,13H2,1-2H3. The first kappa shape index (κ1) is 12.6. The molecule has 0 fully saturated rings. The van der Waals surface area contributed by atoms with Gasteiger partial charge in [-0.05, 0) is 6.92 Å². The average molecular weight is 241 g/mol. The fraction of sp³-hybridized carbons (Fsp3) is 0.625. The lowest BCUT2D eigenvalue weighted by Gasteiger charge is -2.16. The Labute approximate surface area is 89.0 Å². The van der Waals surface area contributed by atoms with Crippen LogP contribution in [0.3, 0.4) is 0 Å². The van der Waals surface area contributed by atoms with E-state index in [1.807, 2.05) is 0 Å². The molecule has 92 valence electrons. The molecule has 4 nitrogen and oxygen atoms in total. The maximum absolute atomic E-state index is 12.6. The predicted octanol–water partition coefficient (Wildman–Crippen LogP) is 1.59. The molecule has 8 heteroatoms. The SMILES string of the molecule is Cc1nn(C)c(OCC(F)(F)C(F)F)c1N. The molecule has 0 bridgehead atoms. The molecule has 1 rings (SSSR count). The molecular weight excluding hydrogens is 230 g/mol. The van der Waals surface area contributed by atoms with E-state index in [-0.39, 0.29) is 11.6 Å². The number of ether oxygens (including phenoxy) is 1. The van der Waals surface area contributed by atoms with E-state index in [0.29, 0.717) is 5.69 Å². The molecule has 0 spiro atoms. The molecule has 1 aromatic heterocycles. The van der Waals surface area contributed by atoms with Gasteiger partial charge in [-0.2, -0.15) is 13.9 Å². The minimum Gasteiger partial charge on any atom is -0.470 e. The van der Waals surface area contributed by atoms with Gasteiger partial charge in [-0.3, -0.25) is 0 Å². The first-order valence-electron chi connectivity index (χ1n) is 4.33. The van der Waals surface area contributed by atoms with Gasteiger partial charge in [0, 0.05) is 7.05 Å². The van der Waals surface area contributed by atoms with Gasteiger partial charge in [-0.25, -0.2) is 13.5 Å². The Morgan fingerprint density at radius 3 is 2.44 bits per heavy atom. The number of hydrogen-bond donors (Lipinski definition) is 1. The smallest absolute Gasteiger partial charge is 0.340 e. The van der Waals surface area contributed by atoms with Gasteiger partial charge in [0.05, 0.1) is 5.69 Å². The van der Waals surface area contributed by atoms with Crippen molar-refractivity contribution in [2.75, 3.05) is 12.3 Å². The Morgan fingerprint density at radius 1 is 1.50 bits per heavy atom. The van der Waals surface area contributed by atoms with E-state index < -0.39 is 19.0 Å². The van der Waals surface area contributed by atoms with E-state index in [4.69, 9.17) is 5.73 Å². The van der Waals surface area contributed by atoms with Crippen molar-refractivity contribution in [2.24, 2.45) is 7.05 Å². The van der Waals surface area contributed by atoms with Crippen LogP contribution in [0.4, 0.5) is 23.2 Å². The molecule has 0 aliphatic rings. The summed E-state index contributed by atoms with van der Waals surface area (Å²) in [7, 11) is 1.42. The normalized spacial score (nSPS) is 12.2. The number of nitrogens with two attached hydrogens (primary N) is 1. The van der Waals surface area contributed by atoms with Crippen LogP contribution in [0.15, 0.2) is 0 Å². The van der Waals surface area contributed by atoms with Gasteiger partial charge in [0.1, 0.15) is 5.69 Å². The highest BCUT2D eigenvalue weighted by atomic mass is 19.3. The Balaban J connectivity index is 2.75. The monoisotopic (exact) mass is 241 g/mol. The summed E-state index contributed by atoms with van der Waals surface area (Å²) in [4.78, 5) is 0. The molecule has 0 aliphatic carbocycles. The summed E-state index contributed by atoms with van der Waals surface area (Å²) in [6.07, 6.45) is -3.77. The summed E-state index contributed by atoms with van der Waals surface area (Å²) in [5.74, 6) is -4.34. The van der Waals surface area contributed by atoms with Crippen LogP contribution in [-0.4, -0.2) is 28.7 Å². The van der Waals surface area contributed by atoms with Crippen LogP contribution in [0.2, 0.25) is 0 Å². The van der Waals surface area contributed by atoms with E-state index >= 15 is 0 Å². The number of hydrogen-bond acceptors (Lipinski definition) is 3. The fourth-order valence-electron chi connectivity index (χ4n) is 1.05. The number of rotatable bonds is 4. The van der Waals surface area contributed by atoms with Crippen molar-refractivity contribution < 1.29 is 22.3 Å². The number of aryl methyl sites for hydroxylation is 2. The summed E-state index contributed by atoms with van der Waals surface area (Å²) in [6, 6.07) is 0. The predicted molar refractivity (Wildman–Crippen MR) is 48.8 cm³/mol. The lowest BCUT2D eigenvalue weighted by atomic mass is 10.4. The van der Waals surface area contributed by atoms with Gasteiger partial charge < -0.3 is 10.5 Å². The number of anilines is 1. The highest BCUT2D eigenvalue weighted by Crippen LogP contribution is 2.28. The second kappa shape index (κ2) is 4.18. The van der Waals surface area contributed by atoms with Gasteiger partial charge in [-0.1, -0.05) is 0 Å². The van der Waals surface area contributed by atoms with E-state index in [1.165, 1.54) is 7.05 Å². The lowest BCUT2D eigenvalue weighted by molar-refractivity contribution is -0.149. The van der Waals surface area contributed by atoms with Crippen molar-refractivity contribution in [2.45, 2.75) is 19.3 Å². The molecule has 0 radical (unpaired) electrons. The molecular formula is C8H11F4N3O. The van der Waals surface area contributed by atoms with Crippen molar-refractivity contribution in [1.29, 1.82) is 0 Å². The molecule has 0 saturated heterocycles. The van der Waals surface area contributed by atoms with Crippen molar-refractivity contribution in [3.05, 3.63) is 5.69 Å². The molecule has 0 aromatic carbocycles. The molecule has 1 aromatic rings. The molecule has 0 unspecified atom stereocenters. The van der Waals surface area contributed by atoms with Crippen LogP contribution in [-0.2, 0) is 7.05 Å². The summed E-state index contributed by atoms with van der Waals surface area (Å²) in [5.41, 5.74) is 5.92. The second-order valence-corrected chi connectivity index (χ2v) is 3.28. The topological polar surface area (TPSA) is 53.1 Å². The van der Waals surface area contributed by atoms with E-state index in [1.54, 1.807) is 6.92 Å². The number of aromatic nitrogens is 2. The van der Waals surface area contributed by atoms with Crippen LogP contribution in [0.25, 0.3) is 0 Å². The largest absolute Gasteiger partial charge is 0.470 e. The maximum atomic E-state index is 12.6. The number of nitrogens with zero attached hydrogens (tertiary/aromatic N) is 2. The quantitative estimate of drug-likeness (QED) is 0.814. The van der Waals surface area contributed by atoms with Gasteiger partial charge >= 0.3 is 12.3 Å². The summed E-state index contributed by atoms with van der Waals surface area (Å²) >= 11 is 0. The number of alkyl halides is 4. The zero-order chi connectivity index (χ0) is 12.5. The second-order valence-electron chi connectivity index (χ2n) is 3.28. The van der Waals surface area contributed by atoms with Crippen LogP contribution in [0.5, 0.6) is 5.88 Å². The Kier molecular flexibility index (Phi) is 3.30. The fourth-order valence-corrected chi connectivity index (χ4v) is 1.05. The van der Waals surface area contributed by atoms with Crippen LogP contribution in [0, 0.1) is 6.92 Å². The molecule has 0 amide bonds. The summed E-state index contributed by atoms with van der Waals surface area (Å²) in [6.45, 7) is 0.112. The van der Waals surface area contributed by atoms with E-state index in [0.717, 1.165) is 4.68 Å².